The Morgan fingerprint density at radius 2 is 1.62 bits per heavy atom. The van der Waals surface area contributed by atoms with Gasteiger partial charge in [-0.15, -0.1) is 0 Å². The standard InChI is InChI=1S/C43H68O10.V.W/c1-22-26-12-15-42(9)31(11-10-27-28-20-39(5,6)16-18-43(28,25(4)45)19-17-41(27,42)8)40(26,7)14-13-29(22)51-38-36(23(2)32(46)24(3)50-38)53-37-35(49)34(48)33(47)30(21-44)52-37;;/h10,19,23-24,26,28-38,44,46-49H,11-18,20-21H2,1-9H3;;/q-2;;/t23-,24?,26-,28?,29-,30?,31?,32-,33-,34-,35?,36?,37-,38-,40?,41+,42?,43+;;/m0../s1. The van der Waals surface area contributed by atoms with Gasteiger partial charge in [0.25, 0.3) is 0 Å². The molecule has 5 aliphatic carbocycles. The molecule has 0 aromatic heterocycles. The number of hydrogen-bond acceptors (Lipinski definition) is 10. The molecule has 10 nitrogen and oxygen atoms in total. The van der Waals surface area contributed by atoms with Crippen molar-refractivity contribution in [2.24, 2.45) is 50.7 Å². The molecule has 55 heavy (non-hydrogen) atoms. The van der Waals surface area contributed by atoms with Gasteiger partial charge in [-0.25, -0.2) is 0 Å². The minimum absolute atomic E-state index is 0. The second-order valence-electron chi connectivity index (χ2n) is 20.0. The van der Waals surface area contributed by atoms with E-state index >= 15 is 0 Å². The van der Waals surface area contributed by atoms with Gasteiger partial charge in [0.2, 0.25) is 0 Å². The SMILES string of the molecule is CC(=O)[C@@]12[CH-]C[C@]3(C)C(=CCC4C5(C)CC[C@H](O[C@@H]6OC(C)[C@@H](O)[C@H](C)C6O[C@@H]6OC(CO)[C@H](O)[C@H](O)C6O)[C-](C)[C@@H]5CCC43C)C1CC(C)(C)CC2.[V].[W]. The fraction of sp³-hybridized carbons (Fsp3) is 0.884. The van der Waals surface area contributed by atoms with Gasteiger partial charge in [-0.1, -0.05) is 89.4 Å². The van der Waals surface area contributed by atoms with Crippen LogP contribution in [-0.2, 0) is 63.4 Å². The maximum atomic E-state index is 13.4. The number of carbonyl (C=O) groups is 1. The van der Waals surface area contributed by atoms with Crippen LogP contribution in [0.25, 0.3) is 0 Å². The number of aliphatic hydroxyl groups is 5. The summed E-state index contributed by atoms with van der Waals surface area (Å²) in [6.45, 7) is 19.5. The molecule has 2 aliphatic heterocycles. The molecule has 0 aromatic rings. The number of ether oxygens (including phenoxy) is 4. The van der Waals surface area contributed by atoms with Crippen molar-refractivity contribution in [3.05, 3.63) is 24.0 Å². The second kappa shape index (κ2) is 16.3. The van der Waals surface area contributed by atoms with Crippen LogP contribution in [0.15, 0.2) is 11.6 Å². The molecule has 0 spiro atoms. The van der Waals surface area contributed by atoms with Gasteiger partial charge in [0.15, 0.2) is 12.6 Å². The molecule has 2 heterocycles. The molecular weight excluding hydrogens is 911 g/mol. The van der Waals surface area contributed by atoms with E-state index in [0.717, 1.165) is 57.8 Å². The molecule has 313 valence electrons. The van der Waals surface area contributed by atoms with E-state index in [1.165, 1.54) is 5.92 Å². The van der Waals surface area contributed by atoms with E-state index in [9.17, 15) is 30.3 Å². The number of carbonyl (C=O) groups excluding carboxylic acids is 1. The van der Waals surface area contributed by atoms with E-state index in [0.29, 0.717) is 17.6 Å². The zero-order chi connectivity index (χ0) is 38.6. The molecule has 18 atom stereocenters. The van der Waals surface area contributed by atoms with Gasteiger partial charge in [-0.2, -0.15) is 19.3 Å². The maximum absolute atomic E-state index is 13.4. The van der Waals surface area contributed by atoms with Gasteiger partial charge in [-0.05, 0) is 74.0 Å². The van der Waals surface area contributed by atoms with E-state index < -0.39 is 67.8 Å². The molecule has 5 N–H and O–H groups in total. The van der Waals surface area contributed by atoms with Crippen molar-refractivity contribution in [1.29, 1.82) is 0 Å². The average Bonchev–Trinajstić information content (AvgIpc) is 3.10. The average molecular weight is 980 g/mol. The summed E-state index contributed by atoms with van der Waals surface area (Å²) in [5.74, 6) is 2.30. The molecule has 2 saturated heterocycles. The zero-order valence-corrected chi connectivity index (χ0v) is 38.8. The van der Waals surface area contributed by atoms with Crippen LogP contribution in [0.5, 0.6) is 0 Å². The topological polar surface area (TPSA) is 155 Å². The first-order valence-electron chi connectivity index (χ1n) is 20.6. The summed E-state index contributed by atoms with van der Waals surface area (Å²) in [4.78, 5) is 13.4. The van der Waals surface area contributed by atoms with Crippen molar-refractivity contribution < 1.29 is 88.9 Å². The molecule has 1 radical (unpaired) electrons. The molecule has 4 saturated carbocycles. The van der Waals surface area contributed by atoms with Crippen LogP contribution in [0.3, 0.4) is 0 Å². The van der Waals surface area contributed by atoms with Gasteiger partial charge < -0.3 is 55.7 Å². The van der Waals surface area contributed by atoms with Crippen LogP contribution < -0.4 is 0 Å². The Hall–Kier alpha value is 0.323. The molecule has 0 amide bonds. The van der Waals surface area contributed by atoms with Crippen molar-refractivity contribution in [2.45, 2.75) is 182 Å². The summed E-state index contributed by atoms with van der Waals surface area (Å²) >= 11 is 0. The first-order valence-corrected chi connectivity index (χ1v) is 20.6. The third-order valence-electron chi connectivity index (χ3n) is 16.9. The van der Waals surface area contributed by atoms with E-state index in [1.807, 2.05) is 13.8 Å². The van der Waals surface area contributed by atoms with Crippen LogP contribution in [0, 0.1) is 63.1 Å². The van der Waals surface area contributed by atoms with Crippen LogP contribution in [-0.4, -0.2) is 99.3 Å². The molecule has 7 aliphatic rings. The smallest absolute Gasteiger partial charge is 0.187 e. The molecule has 6 fully saturated rings. The molecule has 7 rings (SSSR count). The molecular formula is C43H68O10VW-2. The summed E-state index contributed by atoms with van der Waals surface area (Å²) in [6.07, 6.45) is 3.67. The minimum atomic E-state index is -1.58. The fourth-order valence-electron chi connectivity index (χ4n) is 13.1. The minimum Gasteiger partial charge on any atom is -0.394 e. The largest absolute Gasteiger partial charge is 0.394 e. The third kappa shape index (κ3) is 7.24. The Bertz CT molecular complexity index is 1430. The summed E-state index contributed by atoms with van der Waals surface area (Å²) in [5, 5.41) is 52.3. The van der Waals surface area contributed by atoms with Crippen molar-refractivity contribution in [3.63, 3.8) is 0 Å². The summed E-state index contributed by atoms with van der Waals surface area (Å²) in [7, 11) is 0. The van der Waals surface area contributed by atoms with Crippen molar-refractivity contribution >= 4 is 5.78 Å². The first-order chi connectivity index (χ1) is 24.7. The van der Waals surface area contributed by atoms with Gasteiger partial charge in [0.05, 0.1) is 18.8 Å². The summed E-state index contributed by atoms with van der Waals surface area (Å²) in [6, 6.07) is 0. The second-order valence-corrected chi connectivity index (χ2v) is 20.0. The maximum Gasteiger partial charge on any atom is 0.187 e. The van der Waals surface area contributed by atoms with Crippen LogP contribution in [0.4, 0.5) is 0 Å². The third-order valence-corrected chi connectivity index (χ3v) is 16.9. The van der Waals surface area contributed by atoms with Crippen molar-refractivity contribution in [1.82, 2.24) is 0 Å². The number of ketones is 1. The normalized spacial score (nSPS) is 52.1. The monoisotopic (exact) mass is 979 g/mol. The van der Waals surface area contributed by atoms with Crippen molar-refractivity contribution in [3.8, 4) is 0 Å². The first kappa shape index (κ1) is 46.4. The number of allylic oxidation sites excluding steroid dienone is 2. The van der Waals surface area contributed by atoms with Crippen LogP contribution in [0.2, 0.25) is 0 Å². The Kier molecular flexibility index (Phi) is 13.8. The van der Waals surface area contributed by atoms with E-state index in [4.69, 9.17) is 18.9 Å². The van der Waals surface area contributed by atoms with E-state index in [1.54, 1.807) is 12.5 Å². The Morgan fingerprint density at radius 3 is 2.27 bits per heavy atom. The molecule has 0 bridgehead atoms. The number of Topliss-reactive ketones (excluding diaryl/α,β-unsaturated/α-hetero) is 1. The summed E-state index contributed by atoms with van der Waals surface area (Å²) < 4.78 is 25.1. The molecule has 0 aromatic carbocycles. The Labute approximate surface area is 355 Å². The number of fused-ring (bicyclic) bond motifs is 7. The number of hydrogen-bond donors (Lipinski definition) is 5. The van der Waals surface area contributed by atoms with E-state index in [2.05, 4.69) is 54.0 Å². The van der Waals surface area contributed by atoms with Crippen LogP contribution >= 0.6 is 0 Å². The Balaban J connectivity index is 0.00000290. The molecule has 12 heteroatoms. The number of aliphatic hydroxyl groups excluding tert-OH is 5. The predicted molar refractivity (Wildman–Crippen MR) is 198 cm³/mol. The van der Waals surface area contributed by atoms with Crippen LogP contribution in [0.1, 0.15) is 120 Å². The predicted octanol–water partition coefficient (Wildman–Crippen LogP) is 5.07. The van der Waals surface area contributed by atoms with Crippen molar-refractivity contribution in [2.75, 3.05) is 6.61 Å². The molecule has 8 unspecified atom stereocenters. The zero-order valence-electron chi connectivity index (χ0n) is 34.4. The quantitative estimate of drug-likeness (QED) is 0.139. The fourth-order valence-corrected chi connectivity index (χ4v) is 13.1. The van der Waals surface area contributed by atoms with Gasteiger partial charge in [0.1, 0.15) is 36.3 Å². The van der Waals surface area contributed by atoms with Gasteiger partial charge in [0, 0.05) is 45.5 Å². The Morgan fingerprint density at radius 1 is 0.927 bits per heavy atom. The van der Waals surface area contributed by atoms with Gasteiger partial charge >= 0.3 is 0 Å². The van der Waals surface area contributed by atoms with Gasteiger partial charge in [-0.3, -0.25) is 5.92 Å². The van der Waals surface area contributed by atoms with E-state index in [-0.39, 0.29) is 78.7 Å². The number of rotatable bonds is 6. The summed E-state index contributed by atoms with van der Waals surface area (Å²) in [5.41, 5.74) is 1.61.